The van der Waals surface area contributed by atoms with E-state index in [4.69, 9.17) is 4.74 Å². The van der Waals surface area contributed by atoms with E-state index in [-0.39, 0.29) is 11.9 Å². The molecule has 0 spiro atoms. The van der Waals surface area contributed by atoms with E-state index in [0.717, 1.165) is 24.0 Å². The van der Waals surface area contributed by atoms with E-state index in [2.05, 4.69) is 21.2 Å². The van der Waals surface area contributed by atoms with Crippen molar-refractivity contribution in [3.05, 3.63) is 33.5 Å². The maximum atomic E-state index is 13.3. The first-order valence-electron chi connectivity index (χ1n) is 6.23. The van der Waals surface area contributed by atoms with Crippen molar-refractivity contribution >= 4 is 22.0 Å². The van der Waals surface area contributed by atoms with Crippen LogP contribution in [0.25, 0.3) is 0 Å². The number of halogens is 2. The summed E-state index contributed by atoms with van der Waals surface area (Å²) in [6.45, 7) is 5.46. The van der Waals surface area contributed by atoms with Gasteiger partial charge in [0.1, 0.15) is 11.4 Å². The molecule has 1 unspecified atom stereocenters. The van der Waals surface area contributed by atoms with Gasteiger partial charge in [0.2, 0.25) is 0 Å². The Morgan fingerprint density at radius 3 is 2.79 bits per heavy atom. The van der Waals surface area contributed by atoms with Crippen molar-refractivity contribution in [3.63, 3.8) is 0 Å². The van der Waals surface area contributed by atoms with Crippen LogP contribution in [0.4, 0.5) is 9.18 Å². The number of rotatable bonds is 1. The van der Waals surface area contributed by atoms with Crippen LogP contribution in [0.2, 0.25) is 0 Å². The lowest BCUT2D eigenvalue weighted by Crippen LogP contribution is -2.34. The number of hydrogen-bond donors (Lipinski definition) is 1. The molecule has 104 valence electrons. The molecule has 1 aromatic rings. The van der Waals surface area contributed by atoms with Gasteiger partial charge in [-0.05, 0) is 56.9 Å². The van der Waals surface area contributed by atoms with Crippen LogP contribution in [0.5, 0.6) is 0 Å². The number of hydrogen-bond acceptors (Lipinski definition) is 2. The second-order valence-electron chi connectivity index (χ2n) is 5.70. The highest BCUT2D eigenvalue weighted by Crippen LogP contribution is 2.37. The number of alkyl carbamates (subject to hydrolysis) is 1. The first kappa shape index (κ1) is 14.3. The van der Waals surface area contributed by atoms with Crippen LogP contribution in [0, 0.1) is 5.82 Å². The van der Waals surface area contributed by atoms with E-state index in [1.54, 1.807) is 0 Å². The molecule has 1 atom stereocenters. The molecule has 1 amide bonds. The predicted octanol–water partition coefficient (Wildman–Crippen LogP) is 4.10. The Labute approximate surface area is 120 Å². The minimum absolute atomic E-state index is 0.125. The Morgan fingerprint density at radius 2 is 2.16 bits per heavy atom. The Kier molecular flexibility index (Phi) is 3.85. The quantitative estimate of drug-likeness (QED) is 0.842. The van der Waals surface area contributed by atoms with Gasteiger partial charge in [-0.1, -0.05) is 15.9 Å². The molecular formula is C14H17BrFNO2. The van der Waals surface area contributed by atoms with Crippen LogP contribution in [0.1, 0.15) is 44.4 Å². The van der Waals surface area contributed by atoms with Crippen LogP contribution in [-0.4, -0.2) is 11.7 Å². The largest absolute Gasteiger partial charge is 0.444 e. The van der Waals surface area contributed by atoms with Gasteiger partial charge in [0.15, 0.2) is 0 Å². The topological polar surface area (TPSA) is 38.3 Å². The van der Waals surface area contributed by atoms with E-state index < -0.39 is 11.7 Å². The van der Waals surface area contributed by atoms with Gasteiger partial charge in [-0.3, -0.25) is 0 Å². The Balaban J connectivity index is 2.13. The van der Waals surface area contributed by atoms with Gasteiger partial charge < -0.3 is 10.1 Å². The summed E-state index contributed by atoms with van der Waals surface area (Å²) in [6.07, 6.45) is 1.07. The van der Waals surface area contributed by atoms with Gasteiger partial charge in [-0.15, -0.1) is 0 Å². The number of carbonyl (C=O) groups excluding carboxylic acids is 1. The fourth-order valence-electron chi connectivity index (χ4n) is 2.27. The number of amides is 1. The molecular weight excluding hydrogens is 313 g/mol. The molecule has 1 aromatic carbocycles. The van der Waals surface area contributed by atoms with Gasteiger partial charge >= 0.3 is 6.09 Å². The zero-order valence-corrected chi connectivity index (χ0v) is 12.8. The number of nitrogens with one attached hydrogen (secondary N) is 1. The first-order valence-corrected chi connectivity index (χ1v) is 7.03. The van der Waals surface area contributed by atoms with Crippen molar-refractivity contribution < 1.29 is 13.9 Å². The summed E-state index contributed by atoms with van der Waals surface area (Å²) in [6, 6.07) is 2.82. The van der Waals surface area contributed by atoms with Gasteiger partial charge in [0, 0.05) is 4.47 Å². The number of aryl methyl sites for hydroxylation is 1. The molecule has 3 nitrogen and oxygen atoms in total. The van der Waals surface area contributed by atoms with Gasteiger partial charge in [0.05, 0.1) is 6.04 Å². The first-order chi connectivity index (χ1) is 8.76. The molecule has 0 bridgehead atoms. The molecule has 0 radical (unpaired) electrons. The highest BCUT2D eigenvalue weighted by Gasteiger charge is 2.28. The van der Waals surface area contributed by atoms with E-state index in [9.17, 15) is 9.18 Å². The lowest BCUT2D eigenvalue weighted by molar-refractivity contribution is 0.0503. The second-order valence-corrected chi connectivity index (χ2v) is 6.55. The Bertz CT molecular complexity index is 511. The lowest BCUT2D eigenvalue weighted by atomic mass is 10.1. The summed E-state index contributed by atoms with van der Waals surface area (Å²) in [4.78, 5) is 11.8. The van der Waals surface area contributed by atoms with Crippen molar-refractivity contribution in [2.45, 2.75) is 45.3 Å². The number of benzene rings is 1. The highest BCUT2D eigenvalue weighted by molar-refractivity contribution is 9.10. The van der Waals surface area contributed by atoms with Crippen molar-refractivity contribution in [3.8, 4) is 0 Å². The SMILES string of the molecule is CC(C)(C)OC(=O)NC1CCc2cc(F)cc(Br)c21. The number of carbonyl (C=O) groups is 1. The summed E-state index contributed by atoms with van der Waals surface area (Å²) in [5, 5.41) is 2.84. The second kappa shape index (κ2) is 5.12. The third-order valence-electron chi connectivity index (χ3n) is 2.92. The normalized spacial score (nSPS) is 18.1. The zero-order valence-electron chi connectivity index (χ0n) is 11.2. The van der Waals surface area contributed by atoms with Crippen LogP contribution in [-0.2, 0) is 11.2 Å². The van der Waals surface area contributed by atoms with E-state index in [0.29, 0.717) is 4.47 Å². The van der Waals surface area contributed by atoms with Gasteiger partial charge in [-0.25, -0.2) is 9.18 Å². The van der Waals surface area contributed by atoms with Crippen LogP contribution in [0.3, 0.4) is 0 Å². The average molecular weight is 330 g/mol. The summed E-state index contributed by atoms with van der Waals surface area (Å²) >= 11 is 3.36. The van der Waals surface area contributed by atoms with Crippen LogP contribution >= 0.6 is 15.9 Å². The molecule has 2 rings (SSSR count). The minimum atomic E-state index is -0.522. The smallest absolute Gasteiger partial charge is 0.408 e. The molecule has 0 aliphatic heterocycles. The molecule has 19 heavy (non-hydrogen) atoms. The molecule has 0 fully saturated rings. The van der Waals surface area contributed by atoms with E-state index in [1.165, 1.54) is 12.1 Å². The molecule has 0 saturated heterocycles. The molecule has 5 heteroatoms. The predicted molar refractivity (Wildman–Crippen MR) is 74.5 cm³/mol. The number of fused-ring (bicyclic) bond motifs is 1. The molecule has 0 heterocycles. The van der Waals surface area contributed by atoms with Crippen molar-refractivity contribution in [1.29, 1.82) is 0 Å². The van der Waals surface area contributed by atoms with Crippen molar-refractivity contribution in [2.75, 3.05) is 0 Å². The fraction of sp³-hybridized carbons (Fsp3) is 0.500. The average Bonchev–Trinajstić information content (AvgIpc) is 2.57. The molecule has 0 aromatic heterocycles. The molecule has 1 aliphatic carbocycles. The summed E-state index contributed by atoms with van der Waals surface area (Å²) in [5.74, 6) is -0.261. The third kappa shape index (κ3) is 3.47. The molecule has 0 saturated carbocycles. The van der Waals surface area contributed by atoms with Crippen molar-refractivity contribution in [2.24, 2.45) is 0 Å². The minimum Gasteiger partial charge on any atom is -0.444 e. The van der Waals surface area contributed by atoms with Gasteiger partial charge in [0.25, 0.3) is 0 Å². The summed E-state index contributed by atoms with van der Waals surface area (Å²) in [5.41, 5.74) is 1.37. The lowest BCUT2D eigenvalue weighted by Gasteiger charge is -2.22. The fourth-order valence-corrected chi connectivity index (χ4v) is 3.02. The maximum absolute atomic E-state index is 13.3. The maximum Gasteiger partial charge on any atom is 0.408 e. The van der Waals surface area contributed by atoms with Gasteiger partial charge in [-0.2, -0.15) is 0 Å². The molecule has 1 N–H and O–H groups in total. The van der Waals surface area contributed by atoms with Crippen LogP contribution in [0.15, 0.2) is 16.6 Å². The third-order valence-corrected chi connectivity index (χ3v) is 3.58. The van der Waals surface area contributed by atoms with E-state index >= 15 is 0 Å². The Hall–Kier alpha value is -1.10. The standard InChI is InChI=1S/C14H17BrFNO2/c1-14(2,3)19-13(18)17-11-5-4-8-6-9(16)7-10(15)12(8)11/h6-7,11H,4-5H2,1-3H3,(H,17,18). The molecule has 1 aliphatic rings. The van der Waals surface area contributed by atoms with E-state index in [1.807, 2.05) is 20.8 Å². The summed E-state index contributed by atoms with van der Waals surface area (Å²) < 4.78 is 19.2. The monoisotopic (exact) mass is 329 g/mol. The van der Waals surface area contributed by atoms with Crippen molar-refractivity contribution in [1.82, 2.24) is 5.32 Å². The Morgan fingerprint density at radius 1 is 1.47 bits per heavy atom. The van der Waals surface area contributed by atoms with Crippen LogP contribution < -0.4 is 5.32 Å². The zero-order chi connectivity index (χ0) is 14.2. The number of ether oxygens (including phenoxy) is 1. The highest BCUT2D eigenvalue weighted by atomic mass is 79.9. The summed E-state index contributed by atoms with van der Waals surface area (Å²) in [7, 11) is 0.